The van der Waals surface area contributed by atoms with Gasteiger partial charge in [0.1, 0.15) is 18.2 Å². The standard InChI is InChI=1S/C26H30N8O6/c1-15(35)26(10-11-31-23(38)18-6-2-16(3-7-18)21(27)28)25(40)33(14-20(36)37)12-13-34(26)32-24(39)19-8-4-17(5-9-19)22(29)30/h2-9H,10-14H2,1H3,(H3,27,28)(H3,29,30)(H,31,38)(H,32,39)(H,36,37). The molecule has 1 aliphatic heterocycles. The molecule has 0 aromatic heterocycles. The van der Waals surface area contributed by atoms with Crippen molar-refractivity contribution < 1.29 is 29.1 Å². The van der Waals surface area contributed by atoms with Crippen LogP contribution in [-0.2, 0) is 14.4 Å². The average Bonchev–Trinajstić information content (AvgIpc) is 2.91. The first-order chi connectivity index (χ1) is 18.9. The predicted molar refractivity (Wildman–Crippen MR) is 144 cm³/mol. The summed E-state index contributed by atoms with van der Waals surface area (Å²) in [5.74, 6) is -4.24. The van der Waals surface area contributed by atoms with E-state index in [0.717, 1.165) is 11.8 Å². The van der Waals surface area contributed by atoms with Gasteiger partial charge < -0.3 is 26.8 Å². The summed E-state index contributed by atoms with van der Waals surface area (Å²) in [4.78, 5) is 64.8. The van der Waals surface area contributed by atoms with Gasteiger partial charge in [-0.2, -0.15) is 5.01 Å². The number of amidine groups is 2. The Morgan fingerprint density at radius 3 is 1.80 bits per heavy atom. The number of carbonyl (C=O) groups is 5. The van der Waals surface area contributed by atoms with Crippen molar-refractivity contribution in [1.29, 1.82) is 10.8 Å². The molecule has 2 aromatic carbocycles. The molecule has 1 saturated heterocycles. The first-order valence-electron chi connectivity index (χ1n) is 12.1. The van der Waals surface area contributed by atoms with Crippen LogP contribution in [0, 0.1) is 10.8 Å². The summed E-state index contributed by atoms with van der Waals surface area (Å²) >= 11 is 0. The van der Waals surface area contributed by atoms with Gasteiger partial charge >= 0.3 is 5.97 Å². The maximum absolute atomic E-state index is 13.6. The maximum Gasteiger partial charge on any atom is 0.323 e. The molecule has 210 valence electrons. The van der Waals surface area contributed by atoms with Crippen molar-refractivity contribution in [2.45, 2.75) is 18.9 Å². The van der Waals surface area contributed by atoms with E-state index in [1.165, 1.54) is 53.5 Å². The van der Waals surface area contributed by atoms with Crippen molar-refractivity contribution in [3.8, 4) is 0 Å². The molecule has 1 heterocycles. The Balaban J connectivity index is 1.84. The number of nitrogens with zero attached hydrogens (tertiary/aromatic N) is 2. The number of hydrogen-bond donors (Lipinski definition) is 7. The van der Waals surface area contributed by atoms with Gasteiger partial charge in [0.2, 0.25) is 0 Å². The molecule has 1 aliphatic rings. The minimum Gasteiger partial charge on any atom is -0.480 e. The number of nitrogens with two attached hydrogens (primary N) is 2. The smallest absolute Gasteiger partial charge is 0.323 e. The van der Waals surface area contributed by atoms with E-state index in [9.17, 15) is 29.1 Å². The van der Waals surface area contributed by atoms with Crippen LogP contribution in [0.4, 0.5) is 0 Å². The summed E-state index contributed by atoms with van der Waals surface area (Å²) < 4.78 is 0. The van der Waals surface area contributed by atoms with Crippen molar-refractivity contribution in [3.05, 3.63) is 70.8 Å². The van der Waals surface area contributed by atoms with Gasteiger partial charge in [0.25, 0.3) is 17.7 Å². The van der Waals surface area contributed by atoms with Gasteiger partial charge in [-0.3, -0.25) is 40.2 Å². The molecule has 0 bridgehead atoms. The van der Waals surface area contributed by atoms with E-state index in [-0.39, 0.29) is 48.9 Å². The third kappa shape index (κ3) is 6.30. The second-order valence-corrected chi connectivity index (χ2v) is 9.12. The van der Waals surface area contributed by atoms with Crippen molar-refractivity contribution in [3.63, 3.8) is 0 Å². The number of carboxylic acid groups (broad SMARTS) is 1. The molecule has 3 amide bonds. The van der Waals surface area contributed by atoms with Gasteiger partial charge in [0.05, 0.1) is 0 Å². The fourth-order valence-corrected chi connectivity index (χ4v) is 4.36. The van der Waals surface area contributed by atoms with E-state index in [1.807, 2.05) is 0 Å². The highest BCUT2D eigenvalue weighted by molar-refractivity contribution is 6.11. The third-order valence-corrected chi connectivity index (χ3v) is 6.53. The van der Waals surface area contributed by atoms with Gasteiger partial charge in [0.15, 0.2) is 11.3 Å². The monoisotopic (exact) mass is 550 g/mol. The van der Waals surface area contributed by atoms with Gasteiger partial charge in [-0.25, -0.2) is 0 Å². The molecule has 1 atom stereocenters. The van der Waals surface area contributed by atoms with E-state index in [1.54, 1.807) is 0 Å². The number of piperazine rings is 1. The van der Waals surface area contributed by atoms with Crippen LogP contribution in [-0.4, -0.2) is 87.9 Å². The first kappa shape index (κ1) is 29.4. The molecule has 2 aromatic rings. The normalized spacial score (nSPS) is 17.1. The number of hydrazine groups is 1. The Morgan fingerprint density at radius 2 is 1.35 bits per heavy atom. The number of aliphatic carboxylic acids is 1. The van der Waals surface area contributed by atoms with E-state index in [2.05, 4.69) is 10.7 Å². The van der Waals surface area contributed by atoms with E-state index in [4.69, 9.17) is 22.3 Å². The van der Waals surface area contributed by atoms with Crippen LogP contribution in [0.1, 0.15) is 45.2 Å². The molecule has 9 N–H and O–H groups in total. The molecule has 0 spiro atoms. The molecule has 1 unspecified atom stereocenters. The second-order valence-electron chi connectivity index (χ2n) is 9.12. The fourth-order valence-electron chi connectivity index (χ4n) is 4.36. The van der Waals surface area contributed by atoms with Crippen LogP contribution in [0.25, 0.3) is 0 Å². The van der Waals surface area contributed by atoms with Gasteiger partial charge in [-0.1, -0.05) is 24.3 Å². The largest absolute Gasteiger partial charge is 0.480 e. The summed E-state index contributed by atoms with van der Waals surface area (Å²) in [7, 11) is 0. The summed E-state index contributed by atoms with van der Waals surface area (Å²) in [5.41, 5.74) is 12.7. The zero-order chi connectivity index (χ0) is 29.6. The quantitative estimate of drug-likeness (QED) is 0.106. The molecule has 40 heavy (non-hydrogen) atoms. The number of benzene rings is 2. The molecule has 0 radical (unpaired) electrons. The Hall–Kier alpha value is -5.11. The third-order valence-electron chi connectivity index (χ3n) is 6.53. The lowest BCUT2D eigenvalue weighted by Crippen LogP contribution is -2.73. The number of nitrogen functional groups attached to an aromatic ring is 2. The first-order valence-corrected chi connectivity index (χ1v) is 12.1. The number of hydrogen-bond acceptors (Lipinski definition) is 8. The topological polar surface area (TPSA) is 236 Å². The van der Waals surface area contributed by atoms with Crippen LogP contribution in [0.3, 0.4) is 0 Å². The Morgan fingerprint density at radius 1 is 0.875 bits per heavy atom. The lowest BCUT2D eigenvalue weighted by molar-refractivity contribution is -0.165. The van der Waals surface area contributed by atoms with E-state index >= 15 is 0 Å². The maximum atomic E-state index is 13.6. The summed E-state index contributed by atoms with van der Waals surface area (Å²) in [6.45, 7) is 0.219. The van der Waals surface area contributed by atoms with Gasteiger partial charge in [-0.15, -0.1) is 0 Å². The Labute approximate surface area is 229 Å². The highest BCUT2D eigenvalue weighted by atomic mass is 16.4. The molecule has 0 aliphatic carbocycles. The zero-order valence-electron chi connectivity index (χ0n) is 21.7. The van der Waals surface area contributed by atoms with Gasteiger partial charge in [0, 0.05) is 48.3 Å². The lowest BCUT2D eigenvalue weighted by atomic mass is 9.86. The second kappa shape index (κ2) is 12.2. The molecule has 14 heteroatoms. The molecule has 3 rings (SSSR count). The van der Waals surface area contributed by atoms with Crippen molar-refractivity contribution in [2.75, 3.05) is 26.2 Å². The summed E-state index contributed by atoms with van der Waals surface area (Å²) in [6.07, 6.45) is -0.266. The minimum absolute atomic E-state index is 0.0592. The predicted octanol–water partition coefficient (Wildman–Crippen LogP) is -0.724. The van der Waals surface area contributed by atoms with Crippen LogP contribution in [0.2, 0.25) is 0 Å². The molecule has 0 saturated carbocycles. The number of amides is 3. The number of carboxylic acids is 1. The lowest BCUT2D eigenvalue weighted by Gasteiger charge is -2.47. The van der Waals surface area contributed by atoms with Gasteiger partial charge in [-0.05, 0) is 31.2 Å². The minimum atomic E-state index is -1.99. The molecular formula is C26H30N8O6. The van der Waals surface area contributed by atoms with Crippen molar-refractivity contribution in [1.82, 2.24) is 20.7 Å². The highest BCUT2D eigenvalue weighted by Crippen LogP contribution is 2.27. The van der Waals surface area contributed by atoms with Crippen molar-refractivity contribution >= 4 is 41.1 Å². The number of Topliss-reactive ketones (excluding diaryl/α,β-unsaturated/α-hetero) is 1. The van der Waals surface area contributed by atoms with Crippen LogP contribution < -0.4 is 22.2 Å². The Bertz CT molecular complexity index is 1360. The van der Waals surface area contributed by atoms with Crippen LogP contribution >= 0.6 is 0 Å². The zero-order valence-corrected chi connectivity index (χ0v) is 21.7. The number of nitrogens with one attached hydrogen (secondary N) is 4. The summed E-state index contributed by atoms with van der Waals surface area (Å²) in [6, 6.07) is 11.8. The molecular weight excluding hydrogens is 520 g/mol. The Kier molecular flexibility index (Phi) is 8.96. The number of rotatable bonds is 11. The van der Waals surface area contributed by atoms with Crippen LogP contribution in [0.15, 0.2) is 48.5 Å². The highest BCUT2D eigenvalue weighted by Gasteiger charge is 2.54. The number of ketones is 1. The molecule has 14 nitrogen and oxygen atoms in total. The fraction of sp³-hybridized carbons (Fsp3) is 0.269. The summed E-state index contributed by atoms with van der Waals surface area (Å²) in [5, 5.41) is 28.0. The average molecular weight is 551 g/mol. The van der Waals surface area contributed by atoms with E-state index < -0.39 is 41.6 Å². The van der Waals surface area contributed by atoms with Crippen molar-refractivity contribution in [2.24, 2.45) is 11.5 Å². The molecule has 1 fully saturated rings. The van der Waals surface area contributed by atoms with E-state index in [0.29, 0.717) is 11.1 Å². The number of carbonyl (C=O) groups excluding carboxylic acids is 4. The SMILES string of the molecule is CC(=O)C1(CCNC(=O)c2ccc(C(=N)N)cc2)C(=O)N(CC(=O)O)CCN1NC(=O)c1ccc(C(=N)N)cc1. The van der Waals surface area contributed by atoms with Crippen LogP contribution in [0.5, 0.6) is 0 Å².